The van der Waals surface area contributed by atoms with Crippen molar-refractivity contribution >= 4 is 29.4 Å². The zero-order valence-corrected chi connectivity index (χ0v) is 16.6. The van der Waals surface area contributed by atoms with Crippen LogP contribution >= 0.6 is 0 Å². The van der Waals surface area contributed by atoms with E-state index in [1.54, 1.807) is 36.4 Å². The van der Waals surface area contributed by atoms with Gasteiger partial charge >= 0.3 is 12.0 Å². The van der Waals surface area contributed by atoms with Crippen molar-refractivity contribution in [1.82, 2.24) is 9.97 Å². The number of benzene rings is 2. The van der Waals surface area contributed by atoms with Crippen molar-refractivity contribution in [3.8, 4) is 5.75 Å². The van der Waals surface area contributed by atoms with Crippen LogP contribution in [0.5, 0.6) is 5.75 Å². The summed E-state index contributed by atoms with van der Waals surface area (Å²) < 4.78 is 5.59. The zero-order chi connectivity index (χ0) is 22.4. The normalized spacial score (nSPS) is 10.4. The molecule has 160 valence electrons. The number of amides is 3. The highest BCUT2D eigenvalue weighted by atomic mass is 16.5. The van der Waals surface area contributed by atoms with Gasteiger partial charge in [0, 0.05) is 5.69 Å². The fourth-order valence-electron chi connectivity index (χ4n) is 2.70. The van der Waals surface area contributed by atoms with Crippen LogP contribution in [0, 0.1) is 6.92 Å². The number of primary amides is 1. The summed E-state index contributed by atoms with van der Waals surface area (Å²) in [6, 6.07) is 13.1. The number of carboxylic acids is 1. The smallest absolute Gasteiger partial charge is 0.324 e. The van der Waals surface area contributed by atoms with E-state index in [9.17, 15) is 14.4 Å². The summed E-state index contributed by atoms with van der Waals surface area (Å²) in [6.07, 6.45) is -0.0832. The van der Waals surface area contributed by atoms with E-state index in [-0.39, 0.29) is 30.4 Å². The van der Waals surface area contributed by atoms with Gasteiger partial charge in [0.05, 0.1) is 6.42 Å². The van der Waals surface area contributed by atoms with E-state index in [1.807, 2.05) is 19.1 Å². The van der Waals surface area contributed by atoms with Crippen molar-refractivity contribution < 1.29 is 24.2 Å². The molecule has 1 aromatic heterocycles. The van der Waals surface area contributed by atoms with E-state index >= 15 is 0 Å². The highest BCUT2D eigenvalue weighted by Crippen LogP contribution is 2.17. The Hall–Kier alpha value is -4.34. The molecule has 2 aromatic carbocycles. The summed E-state index contributed by atoms with van der Waals surface area (Å²) in [5, 5.41) is 13.9. The molecule has 10 heteroatoms. The predicted molar refractivity (Wildman–Crippen MR) is 113 cm³/mol. The Morgan fingerprint density at radius 3 is 2.35 bits per heavy atom. The van der Waals surface area contributed by atoms with Gasteiger partial charge in [0.15, 0.2) is 5.82 Å². The first-order valence-corrected chi connectivity index (χ1v) is 9.27. The maximum absolute atomic E-state index is 12.2. The Bertz CT molecular complexity index is 1090. The molecule has 1 heterocycles. The first kappa shape index (κ1) is 21.4. The molecular formula is C21H21N5O5. The average molecular weight is 423 g/mol. The molecule has 0 saturated heterocycles. The molecule has 0 saturated carbocycles. The molecule has 0 unspecified atom stereocenters. The Labute approximate surface area is 177 Å². The maximum atomic E-state index is 12.2. The fraction of sp³-hybridized carbons (Fsp3) is 0.143. The summed E-state index contributed by atoms with van der Waals surface area (Å²) in [4.78, 5) is 41.6. The number of ether oxygens (including phenoxy) is 1. The van der Waals surface area contributed by atoms with Crippen LogP contribution in [-0.2, 0) is 17.8 Å². The lowest BCUT2D eigenvalue weighted by atomic mass is 10.1. The minimum Gasteiger partial charge on any atom is -0.486 e. The number of carboxylic acid groups (broad SMARTS) is 1. The molecule has 3 amide bonds. The van der Waals surface area contributed by atoms with Crippen molar-refractivity contribution in [3.63, 3.8) is 0 Å². The number of imidazole rings is 1. The summed E-state index contributed by atoms with van der Waals surface area (Å²) in [7, 11) is 0. The number of aliphatic carboxylic acids is 1. The van der Waals surface area contributed by atoms with Crippen LogP contribution in [0.1, 0.15) is 27.4 Å². The van der Waals surface area contributed by atoms with Gasteiger partial charge in [-0.05, 0) is 36.8 Å². The van der Waals surface area contributed by atoms with Crippen molar-refractivity contribution in [2.75, 3.05) is 10.6 Å². The fourth-order valence-corrected chi connectivity index (χ4v) is 2.70. The molecule has 0 radical (unpaired) electrons. The third-order valence-electron chi connectivity index (χ3n) is 4.19. The molecule has 3 rings (SSSR count). The van der Waals surface area contributed by atoms with Crippen LogP contribution in [0.3, 0.4) is 0 Å². The minimum atomic E-state index is -0.922. The number of carbonyl (C=O) groups is 3. The van der Waals surface area contributed by atoms with Gasteiger partial charge in [-0.1, -0.05) is 29.8 Å². The largest absolute Gasteiger partial charge is 0.486 e. The molecule has 0 fully saturated rings. The number of aryl methyl sites for hydroxylation is 1. The van der Waals surface area contributed by atoms with Crippen LogP contribution in [-0.4, -0.2) is 33.0 Å². The number of rotatable bonds is 8. The number of aromatic nitrogens is 2. The van der Waals surface area contributed by atoms with Gasteiger partial charge in [0.1, 0.15) is 23.9 Å². The number of carbonyl (C=O) groups excluding carboxylic acids is 2. The van der Waals surface area contributed by atoms with E-state index < -0.39 is 17.9 Å². The predicted octanol–water partition coefficient (Wildman–Crippen LogP) is 2.67. The molecule has 3 aromatic rings. The topological polar surface area (TPSA) is 159 Å². The van der Waals surface area contributed by atoms with Crippen molar-refractivity contribution in [2.45, 2.75) is 20.0 Å². The Morgan fingerprint density at radius 1 is 1.06 bits per heavy atom. The van der Waals surface area contributed by atoms with Gasteiger partial charge in [-0.15, -0.1) is 0 Å². The van der Waals surface area contributed by atoms with Gasteiger partial charge in [0.25, 0.3) is 5.91 Å². The van der Waals surface area contributed by atoms with E-state index in [0.717, 1.165) is 5.56 Å². The lowest BCUT2D eigenvalue weighted by Crippen LogP contribution is -2.22. The molecule has 0 spiro atoms. The summed E-state index contributed by atoms with van der Waals surface area (Å²) >= 11 is 0. The van der Waals surface area contributed by atoms with Crippen LogP contribution in [0.2, 0.25) is 0 Å². The number of urea groups is 1. The third kappa shape index (κ3) is 6.07. The minimum absolute atomic E-state index is 0.0208. The van der Waals surface area contributed by atoms with Crippen LogP contribution in [0.4, 0.5) is 16.3 Å². The summed E-state index contributed by atoms with van der Waals surface area (Å²) in [6.45, 7) is 1.90. The zero-order valence-electron chi connectivity index (χ0n) is 16.6. The van der Waals surface area contributed by atoms with Gasteiger partial charge in [-0.3, -0.25) is 14.9 Å². The number of nitrogens with two attached hydrogens (primary N) is 1. The van der Waals surface area contributed by atoms with Gasteiger partial charge < -0.3 is 25.9 Å². The van der Waals surface area contributed by atoms with Gasteiger partial charge in [0.2, 0.25) is 0 Å². The average Bonchev–Trinajstić information content (AvgIpc) is 3.11. The molecule has 10 nitrogen and oxygen atoms in total. The maximum Gasteiger partial charge on any atom is 0.324 e. The van der Waals surface area contributed by atoms with E-state index in [1.165, 1.54) is 0 Å². The number of hydrogen-bond donors (Lipinski definition) is 5. The molecule has 0 aliphatic heterocycles. The third-order valence-corrected chi connectivity index (χ3v) is 4.19. The number of aromatic amines is 1. The van der Waals surface area contributed by atoms with Crippen LogP contribution in [0.25, 0.3) is 0 Å². The molecule has 31 heavy (non-hydrogen) atoms. The molecule has 0 bridgehead atoms. The molecule has 0 aliphatic rings. The van der Waals surface area contributed by atoms with E-state index in [2.05, 4.69) is 20.6 Å². The van der Waals surface area contributed by atoms with Gasteiger partial charge in [-0.25, -0.2) is 9.78 Å². The first-order valence-electron chi connectivity index (χ1n) is 9.27. The van der Waals surface area contributed by atoms with E-state index in [0.29, 0.717) is 17.0 Å². The van der Waals surface area contributed by atoms with Crippen molar-refractivity contribution in [2.24, 2.45) is 5.73 Å². The lowest BCUT2D eigenvalue weighted by molar-refractivity contribution is -0.136. The van der Waals surface area contributed by atoms with Crippen LogP contribution in [0.15, 0.2) is 48.5 Å². The number of H-pyrrole nitrogens is 1. The molecule has 0 atom stereocenters. The molecular weight excluding hydrogens is 402 g/mol. The van der Waals surface area contributed by atoms with Crippen molar-refractivity contribution in [1.29, 1.82) is 0 Å². The quantitative estimate of drug-likeness (QED) is 0.374. The number of anilines is 2. The standard InChI is InChI=1S/C21H21N5O5/c1-12-2-6-14(7-3-12)23-21(30)26-20-18(19(22)29)24-16(25-20)11-31-15-8-4-13(5-9-15)10-17(27)28/h2-9H,10-11H2,1H3,(H2,22,29)(H,24,25)(H,27,28)(H2,23,26,30). The summed E-state index contributed by atoms with van der Waals surface area (Å²) in [5.74, 6) is -0.976. The highest BCUT2D eigenvalue weighted by molar-refractivity contribution is 6.04. The second kappa shape index (κ2) is 9.44. The second-order valence-electron chi connectivity index (χ2n) is 6.72. The Morgan fingerprint density at radius 2 is 1.74 bits per heavy atom. The lowest BCUT2D eigenvalue weighted by Gasteiger charge is -2.06. The SMILES string of the molecule is Cc1ccc(NC(=O)Nc2nc(COc3ccc(CC(=O)O)cc3)[nH]c2C(N)=O)cc1. The van der Waals surface area contributed by atoms with Crippen molar-refractivity contribution in [3.05, 3.63) is 71.2 Å². The molecule has 6 N–H and O–H groups in total. The molecule has 0 aliphatic carbocycles. The Kier molecular flexibility index (Phi) is 6.51. The van der Waals surface area contributed by atoms with E-state index in [4.69, 9.17) is 15.6 Å². The number of nitrogens with one attached hydrogen (secondary N) is 3. The van der Waals surface area contributed by atoms with Crippen LogP contribution < -0.4 is 21.1 Å². The number of hydrogen-bond acceptors (Lipinski definition) is 5. The monoisotopic (exact) mass is 423 g/mol. The second-order valence-corrected chi connectivity index (χ2v) is 6.72. The summed E-state index contributed by atoms with van der Waals surface area (Å²) in [5.41, 5.74) is 7.57. The Balaban J connectivity index is 1.64. The highest BCUT2D eigenvalue weighted by Gasteiger charge is 2.17. The van der Waals surface area contributed by atoms with Gasteiger partial charge in [-0.2, -0.15) is 0 Å². The first-order chi connectivity index (χ1) is 14.8. The number of nitrogens with zero attached hydrogens (tertiary/aromatic N) is 1.